The lowest BCUT2D eigenvalue weighted by molar-refractivity contribution is -0.147. The number of carboxylic acids is 1. The minimum atomic E-state index is -1.09. The topological polar surface area (TPSA) is 74.7 Å². The molecule has 0 spiro atoms. The third-order valence-electron chi connectivity index (χ3n) is 2.16. The van der Waals surface area contributed by atoms with Crippen molar-refractivity contribution in [2.24, 2.45) is 0 Å². The van der Waals surface area contributed by atoms with E-state index in [1.165, 1.54) is 18.2 Å². The molecule has 2 aliphatic rings. The highest BCUT2D eigenvalue weighted by atomic mass is 16.4. The van der Waals surface area contributed by atoms with Crippen LogP contribution in [0.25, 0.3) is 0 Å². The molecule has 0 radical (unpaired) electrons. The predicted molar refractivity (Wildman–Crippen MR) is 45.1 cm³/mol. The van der Waals surface area contributed by atoms with Crippen LogP contribution in [-0.2, 0) is 14.4 Å². The standard InChI is InChI=1S/C9H7NO4/c11-6-3-5-1-2-7(9(13)14)10(5)8(12)4-6/h1-3,7H,4H2,(H,13,14)/t7-/m0/s1. The van der Waals surface area contributed by atoms with Crippen molar-refractivity contribution in [3.8, 4) is 0 Å². The molecule has 2 aliphatic heterocycles. The highest BCUT2D eigenvalue weighted by Gasteiger charge is 2.36. The van der Waals surface area contributed by atoms with Gasteiger partial charge in [0.25, 0.3) is 0 Å². The van der Waals surface area contributed by atoms with Crippen LogP contribution < -0.4 is 0 Å². The molecule has 0 aliphatic carbocycles. The lowest BCUT2D eigenvalue weighted by Crippen LogP contribution is -2.42. The van der Waals surface area contributed by atoms with Crippen LogP contribution in [0, 0.1) is 0 Å². The van der Waals surface area contributed by atoms with Gasteiger partial charge in [-0.1, -0.05) is 0 Å². The lowest BCUT2D eigenvalue weighted by Gasteiger charge is -2.25. The van der Waals surface area contributed by atoms with Gasteiger partial charge >= 0.3 is 5.97 Å². The summed E-state index contributed by atoms with van der Waals surface area (Å²) < 4.78 is 0. The first-order valence-electron chi connectivity index (χ1n) is 4.07. The second-order valence-electron chi connectivity index (χ2n) is 3.12. The molecule has 1 amide bonds. The fraction of sp³-hybridized carbons (Fsp3) is 0.222. The molecule has 0 fully saturated rings. The maximum atomic E-state index is 11.4. The summed E-state index contributed by atoms with van der Waals surface area (Å²) >= 11 is 0. The van der Waals surface area contributed by atoms with E-state index in [4.69, 9.17) is 5.11 Å². The van der Waals surface area contributed by atoms with E-state index in [0.717, 1.165) is 4.90 Å². The van der Waals surface area contributed by atoms with Gasteiger partial charge in [0.1, 0.15) is 0 Å². The van der Waals surface area contributed by atoms with Gasteiger partial charge in [0.15, 0.2) is 11.8 Å². The van der Waals surface area contributed by atoms with Gasteiger partial charge in [-0.15, -0.1) is 0 Å². The highest BCUT2D eigenvalue weighted by Crippen LogP contribution is 2.25. The van der Waals surface area contributed by atoms with Crippen LogP contribution >= 0.6 is 0 Å². The number of carbonyl (C=O) groups is 3. The van der Waals surface area contributed by atoms with Gasteiger partial charge in [-0.25, -0.2) is 4.79 Å². The first-order valence-corrected chi connectivity index (χ1v) is 4.07. The van der Waals surface area contributed by atoms with Crippen molar-refractivity contribution in [1.29, 1.82) is 0 Å². The van der Waals surface area contributed by atoms with Crippen LogP contribution in [0.1, 0.15) is 6.42 Å². The fourth-order valence-corrected chi connectivity index (χ4v) is 1.58. The van der Waals surface area contributed by atoms with Crippen molar-refractivity contribution in [3.63, 3.8) is 0 Å². The third-order valence-corrected chi connectivity index (χ3v) is 2.16. The maximum Gasteiger partial charge on any atom is 0.330 e. The molecular weight excluding hydrogens is 186 g/mol. The molecule has 0 aromatic rings. The average Bonchev–Trinajstić information content (AvgIpc) is 2.47. The monoisotopic (exact) mass is 193 g/mol. The van der Waals surface area contributed by atoms with E-state index in [2.05, 4.69) is 0 Å². The molecule has 2 heterocycles. The molecule has 5 nitrogen and oxygen atoms in total. The molecule has 2 rings (SSSR count). The van der Waals surface area contributed by atoms with Gasteiger partial charge < -0.3 is 5.11 Å². The zero-order valence-electron chi connectivity index (χ0n) is 7.14. The van der Waals surface area contributed by atoms with Crippen LogP contribution in [0.3, 0.4) is 0 Å². The summed E-state index contributed by atoms with van der Waals surface area (Å²) in [7, 11) is 0. The molecule has 0 unspecified atom stereocenters. The normalized spacial score (nSPS) is 25.0. The Balaban J connectivity index is 2.39. The van der Waals surface area contributed by atoms with E-state index in [0.29, 0.717) is 5.70 Å². The zero-order chi connectivity index (χ0) is 10.3. The second-order valence-corrected chi connectivity index (χ2v) is 3.12. The molecule has 72 valence electrons. The van der Waals surface area contributed by atoms with Crippen molar-refractivity contribution >= 4 is 17.7 Å². The second kappa shape index (κ2) is 2.80. The highest BCUT2D eigenvalue weighted by molar-refractivity contribution is 6.09. The van der Waals surface area contributed by atoms with E-state index >= 15 is 0 Å². The quantitative estimate of drug-likeness (QED) is 0.580. The summed E-state index contributed by atoms with van der Waals surface area (Å²) in [5.41, 5.74) is 0.374. The Hall–Kier alpha value is -1.91. The van der Waals surface area contributed by atoms with Crippen LogP contribution in [0.15, 0.2) is 23.9 Å². The number of allylic oxidation sites excluding steroid dienone is 2. The van der Waals surface area contributed by atoms with Crippen molar-refractivity contribution in [1.82, 2.24) is 4.90 Å². The number of nitrogens with zero attached hydrogens (tertiary/aromatic N) is 1. The van der Waals surface area contributed by atoms with Gasteiger partial charge in [0.2, 0.25) is 5.91 Å². The van der Waals surface area contributed by atoms with Gasteiger partial charge in [-0.05, 0) is 12.2 Å². The predicted octanol–water partition coefficient (Wildman–Crippen LogP) is -0.305. The number of carbonyl (C=O) groups excluding carboxylic acids is 2. The van der Waals surface area contributed by atoms with Crippen molar-refractivity contribution in [2.45, 2.75) is 12.5 Å². The van der Waals surface area contributed by atoms with Crippen molar-refractivity contribution < 1.29 is 19.5 Å². The Morgan fingerprint density at radius 1 is 1.50 bits per heavy atom. The number of fused-ring (bicyclic) bond motifs is 1. The van der Waals surface area contributed by atoms with Crippen molar-refractivity contribution in [3.05, 3.63) is 23.9 Å². The zero-order valence-corrected chi connectivity index (χ0v) is 7.14. The Morgan fingerprint density at radius 2 is 2.21 bits per heavy atom. The first-order chi connectivity index (χ1) is 6.59. The molecule has 0 aromatic carbocycles. The first kappa shape index (κ1) is 8.68. The number of hydrogen-bond acceptors (Lipinski definition) is 3. The van der Waals surface area contributed by atoms with Crippen LogP contribution in [0.5, 0.6) is 0 Å². The number of carboxylic acid groups (broad SMARTS) is 1. The molecule has 5 heteroatoms. The Bertz CT molecular complexity index is 394. The van der Waals surface area contributed by atoms with Gasteiger partial charge in [0, 0.05) is 11.8 Å². The number of rotatable bonds is 1. The van der Waals surface area contributed by atoms with E-state index in [1.807, 2.05) is 0 Å². The third kappa shape index (κ3) is 1.14. The van der Waals surface area contributed by atoms with E-state index in [-0.39, 0.29) is 12.2 Å². The molecule has 14 heavy (non-hydrogen) atoms. The van der Waals surface area contributed by atoms with Gasteiger partial charge in [-0.3, -0.25) is 14.5 Å². The molecule has 0 bridgehead atoms. The number of hydrogen-bond donors (Lipinski definition) is 1. The summed E-state index contributed by atoms with van der Waals surface area (Å²) in [5.74, 6) is -1.82. The summed E-state index contributed by atoms with van der Waals surface area (Å²) in [6.07, 6.45) is 3.92. The Morgan fingerprint density at radius 3 is 2.86 bits per heavy atom. The summed E-state index contributed by atoms with van der Waals surface area (Å²) in [6.45, 7) is 0. The van der Waals surface area contributed by atoms with Crippen molar-refractivity contribution in [2.75, 3.05) is 0 Å². The largest absolute Gasteiger partial charge is 0.479 e. The van der Waals surface area contributed by atoms with Gasteiger partial charge in [-0.2, -0.15) is 0 Å². The smallest absolute Gasteiger partial charge is 0.330 e. The molecule has 0 saturated carbocycles. The van der Waals surface area contributed by atoms with Crippen LogP contribution in [0.4, 0.5) is 0 Å². The van der Waals surface area contributed by atoms with Gasteiger partial charge in [0.05, 0.1) is 6.42 Å². The van der Waals surface area contributed by atoms with Crippen LogP contribution in [-0.4, -0.2) is 33.7 Å². The molecular formula is C9H7NO4. The van der Waals surface area contributed by atoms with E-state index in [9.17, 15) is 14.4 Å². The van der Waals surface area contributed by atoms with Crippen LogP contribution in [0.2, 0.25) is 0 Å². The summed E-state index contributed by atoms with van der Waals surface area (Å²) in [4.78, 5) is 34.2. The fourth-order valence-electron chi connectivity index (χ4n) is 1.58. The Kier molecular flexibility index (Phi) is 1.73. The maximum absolute atomic E-state index is 11.4. The number of amides is 1. The van der Waals surface area contributed by atoms with E-state index < -0.39 is 17.9 Å². The summed E-state index contributed by atoms with van der Waals surface area (Å²) in [6, 6.07) is -0.957. The average molecular weight is 193 g/mol. The SMILES string of the molecule is O=C1C=C2C=C[C@@H](C(=O)O)N2C(=O)C1. The molecule has 1 atom stereocenters. The number of aliphatic carboxylic acids is 1. The van der Waals surface area contributed by atoms with E-state index in [1.54, 1.807) is 0 Å². The molecule has 1 N–H and O–H groups in total. The minimum Gasteiger partial charge on any atom is -0.479 e. The molecule has 0 saturated heterocycles. The summed E-state index contributed by atoms with van der Waals surface area (Å²) in [5, 5.41) is 8.78. The molecule has 0 aromatic heterocycles. The lowest BCUT2D eigenvalue weighted by atomic mass is 10.1. The minimum absolute atomic E-state index is 0.241. The number of ketones is 1. The Labute approximate surface area is 79.3 Å².